The Balaban J connectivity index is 2.58. The van der Waals surface area contributed by atoms with Gasteiger partial charge in [0.1, 0.15) is 17.5 Å². The van der Waals surface area contributed by atoms with E-state index in [1.165, 1.54) is 7.05 Å². The van der Waals surface area contributed by atoms with E-state index in [2.05, 4.69) is 10.6 Å². The molecular formula is C22H34N2O6. The lowest BCUT2D eigenvalue weighted by Gasteiger charge is -2.31. The van der Waals surface area contributed by atoms with Crippen LogP contribution in [0.1, 0.15) is 46.5 Å². The zero-order chi connectivity index (χ0) is 22.7. The molecule has 0 heterocycles. The van der Waals surface area contributed by atoms with Crippen LogP contribution in [-0.2, 0) is 14.4 Å². The average Bonchev–Trinajstić information content (AvgIpc) is 2.69. The zero-order valence-corrected chi connectivity index (χ0v) is 18.5. The highest BCUT2D eigenvalue weighted by Gasteiger charge is 2.34. The summed E-state index contributed by atoms with van der Waals surface area (Å²) < 4.78 is 10.8. The number of ether oxygens (including phenoxy) is 2. The van der Waals surface area contributed by atoms with Gasteiger partial charge in [-0.1, -0.05) is 20.8 Å². The summed E-state index contributed by atoms with van der Waals surface area (Å²) in [5.74, 6) is -1.02. The Kier molecular flexibility index (Phi) is 10.1. The van der Waals surface area contributed by atoms with Crippen molar-refractivity contribution >= 4 is 17.8 Å². The molecule has 0 aromatic heterocycles. The Labute approximate surface area is 178 Å². The molecule has 0 aliphatic carbocycles. The third-order valence-electron chi connectivity index (χ3n) is 4.73. The molecule has 0 saturated heterocycles. The fraction of sp³-hybridized carbons (Fsp3) is 0.591. The molecule has 2 amide bonds. The van der Waals surface area contributed by atoms with E-state index in [-0.39, 0.29) is 12.3 Å². The average molecular weight is 423 g/mol. The first kappa shape index (κ1) is 25.3. The van der Waals surface area contributed by atoms with Crippen molar-refractivity contribution in [1.29, 1.82) is 0 Å². The summed E-state index contributed by atoms with van der Waals surface area (Å²) in [5.41, 5.74) is -0.504. The summed E-state index contributed by atoms with van der Waals surface area (Å²) >= 11 is 0. The third kappa shape index (κ3) is 8.71. The number of methoxy groups -OCH3 is 1. The first-order valence-corrected chi connectivity index (χ1v) is 10.1. The van der Waals surface area contributed by atoms with Crippen LogP contribution in [0.3, 0.4) is 0 Å². The number of benzene rings is 1. The Morgan fingerprint density at radius 2 is 1.63 bits per heavy atom. The van der Waals surface area contributed by atoms with Crippen LogP contribution < -0.4 is 20.1 Å². The van der Waals surface area contributed by atoms with E-state index in [1.807, 2.05) is 32.9 Å². The van der Waals surface area contributed by atoms with Crippen LogP contribution >= 0.6 is 0 Å². The Bertz CT molecular complexity index is 697. The number of amides is 2. The van der Waals surface area contributed by atoms with Gasteiger partial charge in [0.2, 0.25) is 11.8 Å². The molecule has 0 aliphatic heterocycles. The minimum Gasteiger partial charge on any atom is -0.497 e. The maximum absolute atomic E-state index is 12.7. The Morgan fingerprint density at radius 3 is 2.13 bits per heavy atom. The summed E-state index contributed by atoms with van der Waals surface area (Å²) in [6, 6.07) is 6.49. The van der Waals surface area contributed by atoms with E-state index in [4.69, 9.17) is 9.47 Å². The highest BCUT2D eigenvalue weighted by molar-refractivity contribution is 5.90. The van der Waals surface area contributed by atoms with E-state index in [0.717, 1.165) is 5.75 Å². The van der Waals surface area contributed by atoms with Crippen molar-refractivity contribution in [2.75, 3.05) is 20.8 Å². The molecule has 8 nitrogen and oxygen atoms in total. The van der Waals surface area contributed by atoms with Crippen molar-refractivity contribution < 1.29 is 29.0 Å². The molecule has 0 radical (unpaired) electrons. The number of rotatable bonds is 12. The van der Waals surface area contributed by atoms with Crippen molar-refractivity contribution in [2.45, 2.75) is 52.5 Å². The normalized spacial score (nSPS) is 13.1. The topological polar surface area (TPSA) is 114 Å². The molecule has 0 spiro atoms. The van der Waals surface area contributed by atoms with Gasteiger partial charge in [-0.3, -0.25) is 14.4 Å². The fourth-order valence-corrected chi connectivity index (χ4v) is 2.97. The lowest BCUT2D eigenvalue weighted by molar-refractivity contribution is -0.142. The van der Waals surface area contributed by atoms with Crippen molar-refractivity contribution in [3.63, 3.8) is 0 Å². The van der Waals surface area contributed by atoms with Gasteiger partial charge in [-0.25, -0.2) is 0 Å². The number of hydrogen-bond donors (Lipinski definition) is 3. The molecule has 0 fully saturated rings. The Morgan fingerprint density at radius 1 is 1.03 bits per heavy atom. The number of carbonyl (C=O) groups excluding carboxylic acids is 2. The van der Waals surface area contributed by atoms with Gasteiger partial charge in [0, 0.05) is 13.0 Å². The van der Waals surface area contributed by atoms with E-state index in [1.54, 1.807) is 19.2 Å². The van der Waals surface area contributed by atoms with Crippen molar-refractivity contribution in [3.8, 4) is 11.5 Å². The first-order chi connectivity index (χ1) is 14.1. The predicted molar refractivity (Wildman–Crippen MR) is 114 cm³/mol. The number of carbonyl (C=O) groups is 3. The van der Waals surface area contributed by atoms with E-state index in [0.29, 0.717) is 31.6 Å². The van der Waals surface area contributed by atoms with E-state index >= 15 is 0 Å². The standard InChI is InChI=1S/C22H34N2O6/c1-22(2,3)19(21(28)23-4)24-20(27)15(14-18(25)26)8-6-7-13-30-17-11-9-16(29-5)10-12-17/h9-12,15,19H,6-8,13-14H2,1-5H3,(H,23,28)(H,24,27)(H,25,26)/t15-,19-/m1/s1. The van der Waals surface area contributed by atoms with Crippen LogP contribution in [-0.4, -0.2) is 49.7 Å². The molecule has 1 aromatic carbocycles. The monoisotopic (exact) mass is 422 g/mol. The van der Waals surface area contributed by atoms with Crippen LogP contribution in [0.4, 0.5) is 0 Å². The van der Waals surface area contributed by atoms with Crippen molar-refractivity contribution in [1.82, 2.24) is 10.6 Å². The van der Waals surface area contributed by atoms with Crippen LogP contribution in [0, 0.1) is 11.3 Å². The molecule has 0 aliphatic rings. The number of aliphatic carboxylic acids is 1. The van der Waals surface area contributed by atoms with Crippen molar-refractivity contribution in [2.24, 2.45) is 11.3 Å². The molecule has 0 unspecified atom stereocenters. The summed E-state index contributed by atoms with van der Waals surface area (Å²) in [6.45, 7) is 5.98. The molecule has 1 rings (SSSR count). The highest BCUT2D eigenvalue weighted by atomic mass is 16.5. The molecule has 168 valence electrons. The molecule has 0 saturated carbocycles. The molecular weight excluding hydrogens is 388 g/mol. The minimum absolute atomic E-state index is 0.282. The first-order valence-electron chi connectivity index (χ1n) is 10.1. The third-order valence-corrected chi connectivity index (χ3v) is 4.73. The van der Waals surface area contributed by atoms with Gasteiger partial charge in [-0.2, -0.15) is 0 Å². The molecule has 1 aromatic rings. The van der Waals surface area contributed by atoms with Gasteiger partial charge in [0.25, 0.3) is 0 Å². The summed E-state index contributed by atoms with van der Waals surface area (Å²) in [5, 5.41) is 14.5. The van der Waals surface area contributed by atoms with Crippen LogP contribution in [0.15, 0.2) is 24.3 Å². The number of carboxylic acids is 1. The van der Waals surface area contributed by atoms with Gasteiger partial charge in [0.15, 0.2) is 0 Å². The largest absolute Gasteiger partial charge is 0.497 e. The summed E-state index contributed by atoms with van der Waals surface area (Å²) in [4.78, 5) is 36.1. The fourth-order valence-electron chi connectivity index (χ4n) is 2.97. The molecule has 3 N–H and O–H groups in total. The lowest BCUT2D eigenvalue weighted by Crippen LogP contribution is -2.54. The highest BCUT2D eigenvalue weighted by Crippen LogP contribution is 2.22. The second-order valence-electron chi connectivity index (χ2n) is 8.24. The number of nitrogens with one attached hydrogen (secondary N) is 2. The zero-order valence-electron chi connectivity index (χ0n) is 18.5. The van der Waals surface area contributed by atoms with Gasteiger partial charge >= 0.3 is 5.97 Å². The number of carboxylic acid groups (broad SMARTS) is 1. The summed E-state index contributed by atoms with van der Waals surface area (Å²) in [6.07, 6.45) is 1.42. The number of hydrogen-bond acceptors (Lipinski definition) is 5. The van der Waals surface area contributed by atoms with Gasteiger partial charge in [-0.05, 0) is 48.9 Å². The van der Waals surface area contributed by atoms with E-state index in [9.17, 15) is 19.5 Å². The number of unbranched alkanes of at least 4 members (excludes halogenated alkanes) is 1. The quantitative estimate of drug-likeness (QED) is 0.446. The van der Waals surface area contributed by atoms with E-state index < -0.39 is 29.3 Å². The SMILES string of the molecule is CNC(=O)[C@@H](NC(=O)[C@H](CCCCOc1ccc(OC)cc1)CC(=O)O)C(C)(C)C. The van der Waals surface area contributed by atoms with Crippen LogP contribution in [0.5, 0.6) is 11.5 Å². The second kappa shape index (κ2) is 12.0. The maximum atomic E-state index is 12.7. The second-order valence-corrected chi connectivity index (χ2v) is 8.24. The molecule has 2 atom stereocenters. The maximum Gasteiger partial charge on any atom is 0.304 e. The predicted octanol–water partition coefficient (Wildman–Crippen LogP) is 2.61. The molecule has 30 heavy (non-hydrogen) atoms. The van der Waals surface area contributed by atoms with Crippen molar-refractivity contribution in [3.05, 3.63) is 24.3 Å². The number of likely N-dealkylation sites (N-methyl/N-ethyl adjacent to an activating group) is 1. The molecule has 8 heteroatoms. The minimum atomic E-state index is -1.04. The van der Waals surface area contributed by atoms with Gasteiger partial charge in [-0.15, -0.1) is 0 Å². The van der Waals surface area contributed by atoms with Gasteiger partial charge < -0.3 is 25.2 Å². The lowest BCUT2D eigenvalue weighted by atomic mass is 9.85. The summed E-state index contributed by atoms with van der Waals surface area (Å²) in [7, 11) is 3.10. The van der Waals surface area contributed by atoms with Crippen LogP contribution in [0.25, 0.3) is 0 Å². The van der Waals surface area contributed by atoms with Gasteiger partial charge in [0.05, 0.1) is 20.1 Å². The smallest absolute Gasteiger partial charge is 0.304 e. The molecule has 0 bridgehead atoms. The Hall–Kier alpha value is -2.77. The van der Waals surface area contributed by atoms with Crippen LogP contribution in [0.2, 0.25) is 0 Å².